The smallest absolute Gasteiger partial charge is 0.387 e. The largest absolute Gasteiger partial charge is 0.416 e. The van der Waals surface area contributed by atoms with Gasteiger partial charge in [-0.25, -0.2) is 4.39 Å². The lowest BCUT2D eigenvalue weighted by molar-refractivity contribution is -0.138. The van der Waals surface area contributed by atoms with Crippen molar-refractivity contribution in [2.75, 3.05) is 25.1 Å². The van der Waals surface area contributed by atoms with E-state index in [0.717, 1.165) is 17.9 Å². The molecular formula is C15H20F4IN3OS. The molecule has 2 rings (SSSR count). The van der Waals surface area contributed by atoms with Gasteiger partial charge >= 0.3 is 6.18 Å². The maximum absolute atomic E-state index is 13.1. The van der Waals surface area contributed by atoms with Crippen LogP contribution in [0.15, 0.2) is 23.2 Å². The SMILES string of the molecule is CN=C(NCc1ccc(F)cc1C(F)(F)F)NCC1(O)CCSC1.I. The molecule has 1 saturated heterocycles. The molecule has 0 bridgehead atoms. The molecule has 0 saturated carbocycles. The molecule has 0 radical (unpaired) electrons. The highest BCUT2D eigenvalue weighted by atomic mass is 127. The molecule has 1 aliphatic heterocycles. The fourth-order valence-electron chi connectivity index (χ4n) is 2.35. The lowest BCUT2D eigenvalue weighted by Gasteiger charge is -2.23. The molecule has 1 aromatic carbocycles. The predicted octanol–water partition coefficient (Wildman–Crippen LogP) is 3.00. The lowest BCUT2D eigenvalue weighted by Crippen LogP contribution is -2.47. The van der Waals surface area contributed by atoms with E-state index >= 15 is 0 Å². The number of nitrogens with one attached hydrogen (secondary N) is 2. The topological polar surface area (TPSA) is 56.7 Å². The second-order valence-electron chi connectivity index (χ2n) is 5.61. The van der Waals surface area contributed by atoms with Gasteiger partial charge in [0.2, 0.25) is 0 Å². The monoisotopic (exact) mass is 493 g/mol. The average Bonchev–Trinajstić information content (AvgIpc) is 2.94. The molecule has 1 aliphatic rings. The van der Waals surface area contributed by atoms with E-state index in [9.17, 15) is 22.7 Å². The molecule has 10 heteroatoms. The van der Waals surface area contributed by atoms with Gasteiger partial charge in [-0.15, -0.1) is 24.0 Å². The second-order valence-corrected chi connectivity index (χ2v) is 6.71. The van der Waals surface area contributed by atoms with E-state index in [0.29, 0.717) is 18.2 Å². The third-order valence-electron chi connectivity index (χ3n) is 3.71. The highest BCUT2D eigenvalue weighted by Gasteiger charge is 2.34. The minimum atomic E-state index is -4.63. The highest BCUT2D eigenvalue weighted by Crippen LogP contribution is 2.32. The van der Waals surface area contributed by atoms with Gasteiger partial charge in [0.1, 0.15) is 5.82 Å². The van der Waals surface area contributed by atoms with Crippen molar-refractivity contribution in [1.29, 1.82) is 0 Å². The van der Waals surface area contributed by atoms with Gasteiger partial charge < -0.3 is 15.7 Å². The van der Waals surface area contributed by atoms with Crippen LogP contribution in [0.2, 0.25) is 0 Å². The van der Waals surface area contributed by atoms with Crippen molar-refractivity contribution in [2.24, 2.45) is 4.99 Å². The van der Waals surface area contributed by atoms with E-state index in [1.807, 2.05) is 0 Å². The van der Waals surface area contributed by atoms with Gasteiger partial charge in [-0.3, -0.25) is 4.99 Å². The van der Waals surface area contributed by atoms with Crippen LogP contribution >= 0.6 is 35.7 Å². The summed E-state index contributed by atoms with van der Waals surface area (Å²) >= 11 is 1.65. The number of guanidine groups is 1. The van der Waals surface area contributed by atoms with Crippen LogP contribution in [0.3, 0.4) is 0 Å². The number of benzene rings is 1. The van der Waals surface area contributed by atoms with Gasteiger partial charge in [0.15, 0.2) is 5.96 Å². The molecule has 0 aliphatic carbocycles. The Balaban J connectivity index is 0.00000312. The summed E-state index contributed by atoms with van der Waals surface area (Å²) in [6.45, 7) is 0.0944. The zero-order chi connectivity index (χ0) is 17.8. The number of aliphatic imine (C=N–C) groups is 1. The number of halogens is 5. The molecule has 4 nitrogen and oxygen atoms in total. The van der Waals surface area contributed by atoms with Gasteiger partial charge in [-0.05, 0) is 29.9 Å². The highest BCUT2D eigenvalue weighted by molar-refractivity contribution is 14.0. The van der Waals surface area contributed by atoms with E-state index in [2.05, 4.69) is 15.6 Å². The van der Waals surface area contributed by atoms with E-state index < -0.39 is 23.2 Å². The Labute approximate surface area is 164 Å². The van der Waals surface area contributed by atoms with Crippen molar-refractivity contribution < 1.29 is 22.7 Å². The Morgan fingerprint density at radius 3 is 2.64 bits per heavy atom. The molecule has 0 spiro atoms. The number of thioether (sulfide) groups is 1. The van der Waals surface area contributed by atoms with Gasteiger partial charge in [-0.1, -0.05) is 6.07 Å². The Morgan fingerprint density at radius 2 is 2.08 bits per heavy atom. The summed E-state index contributed by atoms with van der Waals surface area (Å²) < 4.78 is 52.0. The van der Waals surface area contributed by atoms with Crippen molar-refractivity contribution in [3.8, 4) is 0 Å². The van der Waals surface area contributed by atoms with Crippen LogP contribution < -0.4 is 10.6 Å². The molecule has 1 fully saturated rings. The van der Waals surface area contributed by atoms with Crippen LogP contribution in [0.5, 0.6) is 0 Å². The zero-order valence-electron chi connectivity index (χ0n) is 13.5. The summed E-state index contributed by atoms with van der Waals surface area (Å²) in [5.74, 6) is 0.814. The molecule has 1 aromatic rings. The van der Waals surface area contributed by atoms with Crippen LogP contribution in [0.4, 0.5) is 17.6 Å². The Morgan fingerprint density at radius 1 is 1.36 bits per heavy atom. The number of hydrogen-bond acceptors (Lipinski definition) is 3. The third kappa shape index (κ3) is 6.48. The number of nitrogens with zero attached hydrogens (tertiary/aromatic N) is 1. The van der Waals surface area contributed by atoms with Gasteiger partial charge in [-0.2, -0.15) is 24.9 Å². The Bertz CT molecular complexity index is 607. The summed E-state index contributed by atoms with van der Waals surface area (Å²) in [6, 6.07) is 2.56. The third-order valence-corrected chi connectivity index (χ3v) is 4.95. The van der Waals surface area contributed by atoms with Crippen LogP contribution in [0, 0.1) is 5.82 Å². The summed E-state index contributed by atoms with van der Waals surface area (Å²) in [4.78, 5) is 3.93. The number of hydrogen-bond donors (Lipinski definition) is 3. The molecule has 1 unspecified atom stereocenters. The van der Waals surface area contributed by atoms with Crippen LogP contribution in [-0.4, -0.2) is 41.8 Å². The summed E-state index contributed by atoms with van der Waals surface area (Å²) in [7, 11) is 1.48. The van der Waals surface area contributed by atoms with E-state index in [4.69, 9.17) is 0 Å². The molecule has 0 amide bonds. The molecule has 142 valence electrons. The first-order valence-electron chi connectivity index (χ1n) is 7.34. The van der Waals surface area contributed by atoms with E-state index in [1.54, 1.807) is 11.8 Å². The average molecular weight is 493 g/mol. The fourth-order valence-corrected chi connectivity index (χ4v) is 3.65. The number of alkyl halides is 3. The summed E-state index contributed by atoms with van der Waals surface area (Å²) in [5, 5.41) is 15.9. The predicted molar refractivity (Wildman–Crippen MR) is 102 cm³/mol. The van der Waals surface area contributed by atoms with Crippen molar-refractivity contribution in [2.45, 2.75) is 24.7 Å². The summed E-state index contributed by atoms with van der Waals surface area (Å²) in [5.41, 5.74) is -1.94. The molecule has 25 heavy (non-hydrogen) atoms. The molecule has 3 N–H and O–H groups in total. The first kappa shape index (κ1) is 22.3. The number of aliphatic hydroxyl groups is 1. The Kier molecular flexibility index (Phi) is 8.26. The Hall–Kier alpha value is -0.750. The minimum Gasteiger partial charge on any atom is -0.387 e. The lowest BCUT2D eigenvalue weighted by atomic mass is 10.0. The summed E-state index contributed by atoms with van der Waals surface area (Å²) in [6.07, 6.45) is -3.98. The zero-order valence-corrected chi connectivity index (χ0v) is 16.6. The first-order valence-corrected chi connectivity index (χ1v) is 8.49. The van der Waals surface area contributed by atoms with Crippen molar-refractivity contribution in [1.82, 2.24) is 10.6 Å². The maximum Gasteiger partial charge on any atom is 0.416 e. The van der Waals surface area contributed by atoms with Gasteiger partial charge in [0, 0.05) is 25.9 Å². The fraction of sp³-hybridized carbons (Fsp3) is 0.533. The first-order chi connectivity index (χ1) is 11.2. The van der Waals surface area contributed by atoms with Crippen LogP contribution in [0.1, 0.15) is 17.5 Å². The van der Waals surface area contributed by atoms with Crippen molar-refractivity contribution in [3.63, 3.8) is 0 Å². The van der Waals surface area contributed by atoms with Crippen LogP contribution in [0.25, 0.3) is 0 Å². The molecule has 1 atom stereocenters. The number of rotatable bonds is 4. The van der Waals surface area contributed by atoms with Crippen molar-refractivity contribution in [3.05, 3.63) is 35.1 Å². The van der Waals surface area contributed by atoms with Gasteiger partial charge in [0.25, 0.3) is 0 Å². The standard InChI is InChI=1S/C15H19F4N3OS.HI/c1-20-13(22-8-14(23)4-5-24-9-14)21-7-10-2-3-11(16)6-12(10)15(17,18)19;/h2-3,6,23H,4-5,7-9H2,1H3,(H2,20,21,22);1H. The van der Waals surface area contributed by atoms with Crippen molar-refractivity contribution >= 4 is 41.7 Å². The van der Waals surface area contributed by atoms with Crippen LogP contribution in [-0.2, 0) is 12.7 Å². The molecule has 0 aromatic heterocycles. The van der Waals surface area contributed by atoms with E-state index in [1.165, 1.54) is 7.05 Å². The molecular weight excluding hydrogens is 473 g/mol. The molecule has 1 heterocycles. The second kappa shape index (κ2) is 9.26. The van der Waals surface area contributed by atoms with E-state index in [-0.39, 0.29) is 48.6 Å². The quantitative estimate of drug-likeness (QED) is 0.262. The minimum absolute atomic E-state index is 0. The maximum atomic E-state index is 13.1. The normalized spacial score (nSPS) is 21.0. The van der Waals surface area contributed by atoms with Gasteiger partial charge in [0.05, 0.1) is 11.2 Å².